The number of aromatic nitrogens is 2. The Morgan fingerprint density at radius 2 is 2.00 bits per heavy atom. The number of aliphatic hydroxyl groups excluding tert-OH is 1. The van der Waals surface area contributed by atoms with Crippen molar-refractivity contribution in [2.45, 2.75) is 59.1 Å². The summed E-state index contributed by atoms with van der Waals surface area (Å²) in [5, 5.41) is 18.5. The van der Waals surface area contributed by atoms with Crippen molar-refractivity contribution in [2.24, 2.45) is 5.92 Å². The average Bonchev–Trinajstić information content (AvgIpc) is 2.81. The average molecular weight is 298 g/mol. The maximum absolute atomic E-state index is 11.6. The molecule has 1 heterocycles. The van der Waals surface area contributed by atoms with Gasteiger partial charge in [-0.25, -0.2) is 4.79 Å². The van der Waals surface area contributed by atoms with Crippen LogP contribution in [0.3, 0.4) is 0 Å². The van der Waals surface area contributed by atoms with E-state index >= 15 is 0 Å². The van der Waals surface area contributed by atoms with Crippen LogP contribution in [0.2, 0.25) is 0 Å². The lowest BCUT2D eigenvalue weighted by Gasteiger charge is -2.14. The minimum atomic E-state index is -0.361. The first-order valence-corrected chi connectivity index (χ1v) is 7.21. The molecule has 0 saturated carbocycles. The zero-order valence-electron chi connectivity index (χ0n) is 13.4. The lowest BCUT2D eigenvalue weighted by Crippen LogP contribution is -2.38. The molecule has 0 fully saturated rings. The number of hydrogen-bond donors (Lipinski definition) is 3. The van der Waals surface area contributed by atoms with Crippen molar-refractivity contribution < 1.29 is 14.4 Å². The van der Waals surface area contributed by atoms with E-state index in [1.54, 1.807) is 6.92 Å². The molecule has 7 nitrogen and oxygen atoms in total. The van der Waals surface area contributed by atoms with Gasteiger partial charge in [-0.2, -0.15) is 4.98 Å². The Bertz CT molecular complexity index is 451. The third kappa shape index (κ3) is 6.57. The molecule has 7 heteroatoms. The number of hydrogen-bond acceptors (Lipinski definition) is 5. The highest BCUT2D eigenvalue weighted by atomic mass is 16.5. The molecule has 120 valence electrons. The molecule has 0 saturated heterocycles. The van der Waals surface area contributed by atoms with Crippen LogP contribution < -0.4 is 10.6 Å². The van der Waals surface area contributed by atoms with Crippen LogP contribution in [-0.2, 0) is 12.0 Å². The first kappa shape index (κ1) is 17.4. The van der Waals surface area contributed by atoms with Gasteiger partial charge in [0.2, 0.25) is 5.89 Å². The second-order valence-electron chi connectivity index (χ2n) is 6.52. The fraction of sp³-hybridized carbons (Fsp3) is 0.786. The number of amides is 2. The Kier molecular flexibility index (Phi) is 6.14. The van der Waals surface area contributed by atoms with E-state index in [1.165, 1.54) is 0 Å². The number of carbonyl (C=O) groups excluding carboxylic acids is 1. The van der Waals surface area contributed by atoms with Gasteiger partial charge in [-0.1, -0.05) is 32.9 Å². The van der Waals surface area contributed by atoms with E-state index in [1.807, 2.05) is 27.7 Å². The fourth-order valence-corrected chi connectivity index (χ4v) is 1.78. The Labute approximate surface area is 125 Å². The van der Waals surface area contributed by atoms with Crippen molar-refractivity contribution in [1.29, 1.82) is 0 Å². The third-order valence-electron chi connectivity index (χ3n) is 2.87. The Morgan fingerprint density at radius 3 is 2.52 bits per heavy atom. The summed E-state index contributed by atoms with van der Waals surface area (Å²) in [5.74, 6) is 1.21. The van der Waals surface area contributed by atoms with Crippen molar-refractivity contribution in [2.75, 3.05) is 6.54 Å². The molecule has 2 amide bonds. The molecule has 1 aromatic heterocycles. The van der Waals surface area contributed by atoms with Crippen LogP contribution in [0.4, 0.5) is 4.79 Å². The molecular formula is C14H26N4O3. The van der Waals surface area contributed by atoms with E-state index in [0.717, 1.165) is 0 Å². The molecule has 1 aromatic rings. The number of rotatable bonds is 6. The molecule has 2 atom stereocenters. The number of nitrogens with one attached hydrogen (secondary N) is 2. The molecule has 0 aliphatic rings. The summed E-state index contributed by atoms with van der Waals surface area (Å²) in [5.41, 5.74) is -0.204. The minimum Gasteiger partial charge on any atom is -0.393 e. The van der Waals surface area contributed by atoms with Gasteiger partial charge >= 0.3 is 6.03 Å². The molecule has 0 bridgehead atoms. The van der Waals surface area contributed by atoms with Gasteiger partial charge in [0.1, 0.15) is 0 Å². The predicted molar refractivity (Wildman–Crippen MR) is 78.7 cm³/mol. The van der Waals surface area contributed by atoms with Crippen molar-refractivity contribution in [1.82, 2.24) is 20.8 Å². The van der Waals surface area contributed by atoms with E-state index in [-0.39, 0.29) is 30.0 Å². The van der Waals surface area contributed by atoms with Gasteiger partial charge < -0.3 is 20.3 Å². The zero-order valence-corrected chi connectivity index (χ0v) is 13.4. The smallest absolute Gasteiger partial charge is 0.315 e. The quantitative estimate of drug-likeness (QED) is 0.740. The highest BCUT2D eigenvalue weighted by Gasteiger charge is 2.21. The SMILES string of the molecule is CC(O)CC(C)CNC(=O)NCc1noc(C(C)(C)C)n1. The maximum Gasteiger partial charge on any atom is 0.315 e. The van der Waals surface area contributed by atoms with Crippen LogP contribution in [0.15, 0.2) is 4.52 Å². The summed E-state index contributed by atoms with van der Waals surface area (Å²) in [7, 11) is 0. The molecule has 0 aliphatic carbocycles. The number of urea groups is 1. The summed E-state index contributed by atoms with van der Waals surface area (Å²) >= 11 is 0. The predicted octanol–water partition coefficient (Wildman–Crippen LogP) is 1.57. The number of carbonyl (C=O) groups is 1. The summed E-state index contributed by atoms with van der Waals surface area (Å²) in [6, 6.07) is -0.283. The monoisotopic (exact) mass is 298 g/mol. The Hall–Kier alpha value is -1.63. The maximum atomic E-state index is 11.6. The molecule has 0 spiro atoms. The fourth-order valence-electron chi connectivity index (χ4n) is 1.78. The first-order chi connectivity index (χ1) is 9.68. The van der Waals surface area contributed by atoms with E-state index in [4.69, 9.17) is 4.52 Å². The third-order valence-corrected chi connectivity index (χ3v) is 2.87. The highest BCUT2D eigenvalue weighted by Crippen LogP contribution is 2.19. The van der Waals surface area contributed by atoms with Crippen LogP contribution in [-0.4, -0.2) is 33.9 Å². The van der Waals surface area contributed by atoms with Gasteiger partial charge in [-0.15, -0.1) is 0 Å². The Balaban J connectivity index is 2.32. The molecule has 0 aromatic carbocycles. The molecule has 1 rings (SSSR count). The Morgan fingerprint density at radius 1 is 1.33 bits per heavy atom. The summed E-state index contributed by atoms with van der Waals surface area (Å²) in [6.45, 7) is 10.4. The second kappa shape index (κ2) is 7.40. The van der Waals surface area contributed by atoms with Gasteiger partial charge in [0, 0.05) is 12.0 Å². The van der Waals surface area contributed by atoms with Gasteiger partial charge in [0.05, 0.1) is 12.6 Å². The van der Waals surface area contributed by atoms with E-state index in [0.29, 0.717) is 24.7 Å². The van der Waals surface area contributed by atoms with Crippen molar-refractivity contribution >= 4 is 6.03 Å². The molecule has 21 heavy (non-hydrogen) atoms. The molecule has 0 aliphatic heterocycles. The topological polar surface area (TPSA) is 100 Å². The summed E-state index contributed by atoms with van der Waals surface area (Å²) < 4.78 is 5.14. The lowest BCUT2D eigenvalue weighted by atomic mass is 9.97. The van der Waals surface area contributed by atoms with Crippen LogP contribution in [0, 0.1) is 5.92 Å². The van der Waals surface area contributed by atoms with Gasteiger partial charge in [0.25, 0.3) is 0 Å². The van der Waals surface area contributed by atoms with Crippen LogP contribution >= 0.6 is 0 Å². The largest absolute Gasteiger partial charge is 0.393 e. The van der Waals surface area contributed by atoms with Crippen molar-refractivity contribution in [3.63, 3.8) is 0 Å². The summed E-state index contributed by atoms with van der Waals surface area (Å²) in [6.07, 6.45) is 0.292. The number of aliphatic hydroxyl groups is 1. The number of nitrogens with zero attached hydrogens (tertiary/aromatic N) is 2. The van der Waals surface area contributed by atoms with Crippen LogP contribution in [0.1, 0.15) is 52.8 Å². The highest BCUT2D eigenvalue weighted by molar-refractivity contribution is 5.73. The second-order valence-corrected chi connectivity index (χ2v) is 6.52. The van der Waals surface area contributed by atoms with Gasteiger partial charge in [-0.05, 0) is 19.3 Å². The molecule has 0 radical (unpaired) electrons. The summed E-state index contributed by atoms with van der Waals surface area (Å²) in [4.78, 5) is 15.9. The normalized spacial score (nSPS) is 14.6. The first-order valence-electron chi connectivity index (χ1n) is 7.21. The van der Waals surface area contributed by atoms with Gasteiger partial charge in [-0.3, -0.25) is 0 Å². The molecule has 3 N–H and O–H groups in total. The molecule has 2 unspecified atom stereocenters. The van der Waals surface area contributed by atoms with Gasteiger partial charge in [0.15, 0.2) is 5.82 Å². The zero-order chi connectivity index (χ0) is 16.0. The van der Waals surface area contributed by atoms with Crippen molar-refractivity contribution in [3.8, 4) is 0 Å². The molecular weight excluding hydrogens is 272 g/mol. The van der Waals surface area contributed by atoms with E-state index < -0.39 is 0 Å². The minimum absolute atomic E-state index is 0.204. The van der Waals surface area contributed by atoms with E-state index in [9.17, 15) is 9.90 Å². The van der Waals surface area contributed by atoms with Crippen molar-refractivity contribution in [3.05, 3.63) is 11.7 Å². The standard InChI is InChI=1S/C14H26N4O3/c1-9(6-10(2)19)7-15-13(20)16-8-11-17-12(21-18-11)14(3,4)5/h9-10,19H,6-8H2,1-5H3,(H2,15,16,20). The van der Waals surface area contributed by atoms with Crippen LogP contribution in [0.25, 0.3) is 0 Å². The lowest BCUT2D eigenvalue weighted by molar-refractivity contribution is 0.163. The van der Waals surface area contributed by atoms with E-state index in [2.05, 4.69) is 20.8 Å². The van der Waals surface area contributed by atoms with Crippen LogP contribution in [0.5, 0.6) is 0 Å².